The molecule has 0 bridgehead atoms. The maximum atomic E-state index is 4.23. The number of aromatic amines is 1. The van der Waals surface area contributed by atoms with Crippen LogP contribution < -0.4 is 10.4 Å². The molecular formula is C14H15N3. The molecule has 2 aromatic rings. The van der Waals surface area contributed by atoms with Crippen LogP contribution in [0.3, 0.4) is 0 Å². The fourth-order valence-corrected chi connectivity index (χ4v) is 1.74. The van der Waals surface area contributed by atoms with E-state index in [9.17, 15) is 0 Å². The molecule has 1 N–H and O–H groups in total. The molecule has 0 amide bonds. The van der Waals surface area contributed by atoms with Crippen LogP contribution in [0.15, 0.2) is 36.8 Å². The van der Waals surface area contributed by atoms with Crippen LogP contribution in [0, 0.1) is 6.92 Å². The largest absolute Gasteiger partial charge is 0.342 e. The molecule has 0 unspecified atom stereocenters. The van der Waals surface area contributed by atoms with Gasteiger partial charge in [0.05, 0.1) is 11.9 Å². The Hall–Kier alpha value is -2.16. The second-order valence-corrected chi connectivity index (χ2v) is 3.83. The van der Waals surface area contributed by atoms with E-state index in [0.717, 1.165) is 27.5 Å². The molecule has 0 saturated heterocycles. The van der Waals surface area contributed by atoms with Gasteiger partial charge in [0.2, 0.25) is 0 Å². The van der Waals surface area contributed by atoms with Gasteiger partial charge in [-0.25, -0.2) is 4.98 Å². The molecule has 3 nitrogen and oxygen atoms in total. The lowest BCUT2D eigenvalue weighted by Crippen LogP contribution is -2.25. The van der Waals surface area contributed by atoms with Crippen LogP contribution in [0.1, 0.15) is 18.4 Å². The van der Waals surface area contributed by atoms with Crippen molar-refractivity contribution in [1.29, 1.82) is 0 Å². The third-order valence-corrected chi connectivity index (χ3v) is 2.52. The van der Waals surface area contributed by atoms with Crippen molar-refractivity contribution >= 4 is 12.2 Å². The number of hydrogen-bond donors (Lipinski definition) is 1. The van der Waals surface area contributed by atoms with Gasteiger partial charge in [-0.3, -0.25) is 4.98 Å². The summed E-state index contributed by atoms with van der Waals surface area (Å²) in [5.74, 6) is 0.904. The predicted molar refractivity (Wildman–Crippen MR) is 69.7 cm³/mol. The van der Waals surface area contributed by atoms with Crippen molar-refractivity contribution in [3.8, 4) is 0 Å². The van der Waals surface area contributed by atoms with Crippen LogP contribution >= 0.6 is 0 Å². The topological polar surface area (TPSA) is 41.6 Å². The highest BCUT2D eigenvalue weighted by Gasteiger charge is 2.02. The average Bonchev–Trinajstić information content (AvgIpc) is 2.74. The van der Waals surface area contributed by atoms with Crippen molar-refractivity contribution < 1.29 is 0 Å². The Morgan fingerprint density at radius 2 is 2.24 bits per heavy atom. The van der Waals surface area contributed by atoms with Crippen LogP contribution in [0.2, 0.25) is 0 Å². The van der Waals surface area contributed by atoms with E-state index in [1.807, 2.05) is 32.2 Å². The molecule has 0 radical (unpaired) electrons. The van der Waals surface area contributed by atoms with Gasteiger partial charge in [-0.2, -0.15) is 0 Å². The van der Waals surface area contributed by atoms with Gasteiger partial charge >= 0.3 is 0 Å². The number of aryl methyl sites for hydroxylation is 1. The number of H-pyrrole nitrogens is 1. The lowest BCUT2D eigenvalue weighted by Gasteiger charge is -1.99. The molecule has 0 spiro atoms. The summed E-state index contributed by atoms with van der Waals surface area (Å²) < 4.78 is 0. The highest BCUT2D eigenvalue weighted by Crippen LogP contribution is 2.09. The number of rotatable bonds is 2. The summed E-state index contributed by atoms with van der Waals surface area (Å²) in [5, 5.41) is 1.98. The van der Waals surface area contributed by atoms with E-state index >= 15 is 0 Å². The average molecular weight is 225 g/mol. The summed E-state index contributed by atoms with van der Waals surface area (Å²) in [6.45, 7) is 7.94. The van der Waals surface area contributed by atoms with Gasteiger partial charge in [0, 0.05) is 18.0 Å². The Morgan fingerprint density at radius 1 is 1.41 bits per heavy atom. The van der Waals surface area contributed by atoms with Gasteiger partial charge in [-0.15, -0.1) is 0 Å². The van der Waals surface area contributed by atoms with Crippen molar-refractivity contribution in [2.45, 2.75) is 13.8 Å². The highest BCUT2D eigenvalue weighted by atomic mass is 14.9. The van der Waals surface area contributed by atoms with Gasteiger partial charge in [-0.05, 0) is 30.4 Å². The monoisotopic (exact) mass is 225 g/mol. The standard InChI is InChI=1S/C14H15N3/c1-4-5-13(14-9-16-11(3)17-14)12-6-7-15-8-10(12)2/h4-9H,2H2,1,3H3,(H,16,17)/b5-4?,13-12+. The van der Waals surface area contributed by atoms with Crippen molar-refractivity contribution in [3.63, 3.8) is 0 Å². The molecule has 2 rings (SSSR count). The number of imidazole rings is 1. The number of allylic oxidation sites excluding steroid dienone is 2. The Balaban J connectivity index is 2.77. The van der Waals surface area contributed by atoms with Gasteiger partial charge in [0.25, 0.3) is 0 Å². The van der Waals surface area contributed by atoms with Crippen molar-refractivity contribution in [3.05, 3.63) is 58.8 Å². The first-order valence-corrected chi connectivity index (χ1v) is 5.50. The van der Waals surface area contributed by atoms with Crippen LogP contribution in [-0.2, 0) is 0 Å². The summed E-state index contributed by atoms with van der Waals surface area (Å²) in [6, 6.07) is 1.97. The summed E-state index contributed by atoms with van der Waals surface area (Å²) in [5.41, 5.74) is 2.08. The molecule has 2 heterocycles. The number of hydrogen-bond acceptors (Lipinski definition) is 2. The lowest BCUT2D eigenvalue weighted by molar-refractivity contribution is 1.14. The highest BCUT2D eigenvalue weighted by molar-refractivity contribution is 5.70. The maximum Gasteiger partial charge on any atom is 0.103 e. The van der Waals surface area contributed by atoms with Crippen LogP contribution in [0.25, 0.3) is 12.2 Å². The zero-order valence-corrected chi connectivity index (χ0v) is 10.1. The third kappa shape index (κ3) is 2.33. The molecule has 0 aliphatic carbocycles. The summed E-state index contributed by atoms with van der Waals surface area (Å²) in [4.78, 5) is 11.5. The number of nitrogens with zero attached hydrogens (tertiary/aromatic N) is 2. The normalized spacial score (nSPS) is 13.1. The Labute approximate surface area is 100 Å². The van der Waals surface area contributed by atoms with Crippen molar-refractivity contribution in [2.24, 2.45) is 0 Å². The van der Waals surface area contributed by atoms with E-state index in [-0.39, 0.29) is 0 Å². The Kier molecular flexibility index (Phi) is 3.19. The summed E-state index contributed by atoms with van der Waals surface area (Å²) >= 11 is 0. The van der Waals surface area contributed by atoms with E-state index in [2.05, 4.69) is 27.6 Å². The number of aromatic nitrogens is 3. The molecule has 0 aromatic carbocycles. The predicted octanol–water partition coefficient (Wildman–Crippen LogP) is 1.30. The molecule has 0 saturated carbocycles. The molecule has 0 fully saturated rings. The van der Waals surface area contributed by atoms with E-state index in [1.165, 1.54) is 0 Å². The molecular weight excluding hydrogens is 210 g/mol. The Bertz CT molecular complexity index is 650. The third-order valence-electron chi connectivity index (χ3n) is 2.52. The van der Waals surface area contributed by atoms with E-state index < -0.39 is 0 Å². The molecule has 0 aliphatic rings. The number of pyridine rings is 1. The molecule has 86 valence electrons. The molecule has 17 heavy (non-hydrogen) atoms. The van der Waals surface area contributed by atoms with Crippen LogP contribution in [-0.4, -0.2) is 15.0 Å². The van der Waals surface area contributed by atoms with E-state index in [1.54, 1.807) is 12.4 Å². The van der Waals surface area contributed by atoms with Crippen molar-refractivity contribution in [2.75, 3.05) is 0 Å². The van der Waals surface area contributed by atoms with Crippen LogP contribution in [0.4, 0.5) is 0 Å². The fraction of sp³-hybridized carbons (Fsp3) is 0.143. The SMILES string of the molecule is C=c1cncc/c1=C(/C=CC)c1cnc(C)[nH]1. The minimum absolute atomic E-state index is 0.904. The maximum absolute atomic E-state index is 4.23. The summed E-state index contributed by atoms with van der Waals surface area (Å²) in [7, 11) is 0. The van der Waals surface area contributed by atoms with Crippen LogP contribution in [0.5, 0.6) is 0 Å². The number of nitrogens with one attached hydrogen (secondary N) is 1. The first-order chi connectivity index (χ1) is 8.22. The minimum atomic E-state index is 0.904. The van der Waals surface area contributed by atoms with Gasteiger partial charge in [0.1, 0.15) is 5.82 Å². The quantitative estimate of drug-likeness (QED) is 0.837. The Morgan fingerprint density at radius 3 is 2.82 bits per heavy atom. The van der Waals surface area contributed by atoms with E-state index in [4.69, 9.17) is 0 Å². The van der Waals surface area contributed by atoms with E-state index in [0.29, 0.717) is 0 Å². The second-order valence-electron chi connectivity index (χ2n) is 3.83. The first kappa shape index (κ1) is 11.3. The molecule has 3 heteroatoms. The zero-order valence-electron chi connectivity index (χ0n) is 10.1. The lowest BCUT2D eigenvalue weighted by atomic mass is 10.1. The zero-order chi connectivity index (χ0) is 12.3. The second kappa shape index (κ2) is 4.78. The smallest absolute Gasteiger partial charge is 0.103 e. The molecule has 2 aromatic heterocycles. The van der Waals surface area contributed by atoms with Gasteiger partial charge < -0.3 is 4.98 Å². The van der Waals surface area contributed by atoms with Crippen molar-refractivity contribution in [1.82, 2.24) is 15.0 Å². The van der Waals surface area contributed by atoms with Gasteiger partial charge in [0.15, 0.2) is 0 Å². The fourth-order valence-electron chi connectivity index (χ4n) is 1.74. The molecule has 0 aliphatic heterocycles. The summed E-state index contributed by atoms with van der Waals surface area (Å²) in [6.07, 6.45) is 9.44. The minimum Gasteiger partial charge on any atom is -0.342 e. The molecule has 0 atom stereocenters. The van der Waals surface area contributed by atoms with Gasteiger partial charge in [-0.1, -0.05) is 18.7 Å². The first-order valence-electron chi connectivity index (χ1n) is 5.50.